The van der Waals surface area contributed by atoms with Gasteiger partial charge >= 0.3 is 11.1 Å². The summed E-state index contributed by atoms with van der Waals surface area (Å²) >= 11 is 0. The van der Waals surface area contributed by atoms with E-state index in [-0.39, 0.29) is 6.04 Å². The van der Waals surface area contributed by atoms with Gasteiger partial charge in [-0.05, 0) is 24.6 Å². The second-order valence-corrected chi connectivity index (χ2v) is 5.04. The van der Waals surface area contributed by atoms with Crippen molar-refractivity contribution in [3.05, 3.63) is 44.5 Å². The molecule has 0 amide bonds. The molecule has 0 radical (unpaired) electrons. The third-order valence-electron chi connectivity index (χ3n) is 4.15. The van der Waals surface area contributed by atoms with Gasteiger partial charge in [-0.2, -0.15) is 0 Å². The summed E-state index contributed by atoms with van der Waals surface area (Å²) < 4.78 is 1.72. The molecule has 0 unspecified atom stereocenters. The van der Waals surface area contributed by atoms with Crippen molar-refractivity contribution in [1.82, 2.24) is 14.9 Å². The Labute approximate surface area is 102 Å². The maximum atomic E-state index is 12.1. The number of benzene rings is 1. The zero-order valence-corrected chi connectivity index (χ0v) is 9.77. The molecule has 4 rings (SSSR count). The number of nitrogens with one attached hydrogen (secondary N) is 2. The first-order chi connectivity index (χ1) is 8.77. The van der Waals surface area contributed by atoms with Crippen LogP contribution in [-0.4, -0.2) is 22.6 Å². The van der Waals surface area contributed by atoms with Gasteiger partial charge in [-0.3, -0.25) is 14.2 Å². The van der Waals surface area contributed by atoms with Crippen LogP contribution >= 0.6 is 0 Å². The van der Waals surface area contributed by atoms with Crippen molar-refractivity contribution in [2.45, 2.75) is 18.4 Å². The number of aromatic nitrogens is 2. The predicted octanol–water partition coefficient (Wildman–Crippen LogP) is 0.321. The number of para-hydroxylation sites is 1. The minimum Gasteiger partial charge on any atom is -0.316 e. The van der Waals surface area contributed by atoms with E-state index >= 15 is 0 Å². The molecule has 18 heavy (non-hydrogen) atoms. The van der Waals surface area contributed by atoms with E-state index < -0.39 is 11.1 Å². The van der Waals surface area contributed by atoms with Gasteiger partial charge in [0, 0.05) is 18.5 Å². The van der Waals surface area contributed by atoms with Crippen LogP contribution in [0.5, 0.6) is 0 Å². The first kappa shape index (κ1) is 10.1. The van der Waals surface area contributed by atoms with Crippen molar-refractivity contribution in [2.24, 2.45) is 0 Å². The van der Waals surface area contributed by atoms with Gasteiger partial charge in [0.15, 0.2) is 0 Å². The van der Waals surface area contributed by atoms with Gasteiger partial charge < -0.3 is 10.3 Å². The summed E-state index contributed by atoms with van der Waals surface area (Å²) in [6, 6.07) is 6.01. The van der Waals surface area contributed by atoms with Crippen molar-refractivity contribution in [1.29, 1.82) is 0 Å². The topological polar surface area (TPSA) is 66.9 Å². The lowest BCUT2D eigenvalue weighted by atomic mass is 9.90. The normalized spacial score (nSPS) is 25.3. The summed E-state index contributed by atoms with van der Waals surface area (Å²) in [5.74, 6) is 0.311. The van der Waals surface area contributed by atoms with Crippen LogP contribution in [0.25, 0.3) is 11.0 Å². The molecule has 1 fully saturated rings. The number of hydrogen-bond donors (Lipinski definition) is 2. The molecule has 1 aromatic heterocycles. The average molecular weight is 243 g/mol. The second-order valence-electron chi connectivity index (χ2n) is 5.04. The molecule has 2 aliphatic heterocycles. The van der Waals surface area contributed by atoms with Gasteiger partial charge in [-0.1, -0.05) is 12.1 Å². The van der Waals surface area contributed by atoms with Crippen LogP contribution in [0.15, 0.2) is 27.8 Å². The van der Waals surface area contributed by atoms with E-state index in [1.807, 2.05) is 12.1 Å². The zero-order chi connectivity index (χ0) is 12.3. The van der Waals surface area contributed by atoms with E-state index in [4.69, 9.17) is 0 Å². The van der Waals surface area contributed by atoms with Crippen LogP contribution in [0.2, 0.25) is 0 Å². The molecule has 1 aromatic carbocycles. The van der Waals surface area contributed by atoms with Crippen LogP contribution in [0.4, 0.5) is 0 Å². The number of rotatable bonds is 0. The molecule has 92 valence electrons. The highest BCUT2D eigenvalue weighted by Gasteiger charge is 2.37. The van der Waals surface area contributed by atoms with E-state index in [2.05, 4.69) is 16.4 Å². The van der Waals surface area contributed by atoms with Crippen LogP contribution < -0.4 is 16.4 Å². The summed E-state index contributed by atoms with van der Waals surface area (Å²) in [5, 5.41) is 3.36. The third-order valence-corrected chi connectivity index (χ3v) is 4.15. The van der Waals surface area contributed by atoms with Crippen molar-refractivity contribution in [2.75, 3.05) is 13.1 Å². The van der Waals surface area contributed by atoms with E-state index in [0.29, 0.717) is 5.92 Å². The van der Waals surface area contributed by atoms with E-state index in [1.54, 1.807) is 4.57 Å². The zero-order valence-electron chi connectivity index (χ0n) is 9.77. The van der Waals surface area contributed by atoms with Crippen molar-refractivity contribution in [3.63, 3.8) is 0 Å². The molecule has 2 atom stereocenters. The number of piperidine rings is 1. The summed E-state index contributed by atoms with van der Waals surface area (Å²) in [5.41, 5.74) is 1.94. The summed E-state index contributed by atoms with van der Waals surface area (Å²) in [7, 11) is 0. The molecule has 0 spiro atoms. The Bertz CT molecular complexity index is 759. The Morgan fingerprint density at radius 2 is 2.17 bits per heavy atom. The van der Waals surface area contributed by atoms with Crippen LogP contribution in [0, 0.1) is 0 Å². The van der Waals surface area contributed by atoms with Crippen molar-refractivity contribution >= 4 is 11.0 Å². The summed E-state index contributed by atoms with van der Waals surface area (Å²) in [6.07, 6.45) is 0.901. The fourth-order valence-corrected chi connectivity index (χ4v) is 3.40. The second kappa shape index (κ2) is 3.32. The van der Waals surface area contributed by atoms with Crippen LogP contribution in [0.3, 0.4) is 0 Å². The van der Waals surface area contributed by atoms with E-state index in [9.17, 15) is 9.59 Å². The van der Waals surface area contributed by atoms with E-state index in [1.165, 1.54) is 5.56 Å². The fourth-order valence-electron chi connectivity index (χ4n) is 3.40. The maximum Gasteiger partial charge on any atom is 0.317 e. The Morgan fingerprint density at radius 3 is 3.06 bits per heavy atom. The fraction of sp³-hybridized carbons (Fsp3) is 0.385. The smallest absolute Gasteiger partial charge is 0.316 e. The lowest BCUT2D eigenvalue weighted by Crippen LogP contribution is -2.41. The van der Waals surface area contributed by atoms with Crippen molar-refractivity contribution < 1.29 is 0 Å². The summed E-state index contributed by atoms with van der Waals surface area (Å²) in [6.45, 7) is 1.77. The monoisotopic (exact) mass is 243 g/mol. The lowest BCUT2D eigenvalue weighted by molar-refractivity contribution is 0.341. The highest BCUT2D eigenvalue weighted by atomic mass is 16.2. The van der Waals surface area contributed by atoms with Crippen LogP contribution in [0.1, 0.15) is 23.9 Å². The Balaban J connectivity index is 2.18. The predicted molar refractivity (Wildman–Crippen MR) is 68.1 cm³/mol. The first-order valence-corrected chi connectivity index (χ1v) is 6.25. The SMILES string of the molecule is O=c1[nH]c2cccc3c2n(c1=O)[C@H]1CCNC[C@@H]31. The van der Waals surface area contributed by atoms with Gasteiger partial charge in [0.25, 0.3) is 0 Å². The standard InChI is InChI=1S/C13H13N3O2/c17-12-13(18)16-10-4-5-14-6-8(10)7-2-1-3-9(15-12)11(7)16/h1-3,8,10,14H,4-6H2,(H,15,17)/t8-,10-/m0/s1. The minimum absolute atomic E-state index is 0.140. The van der Waals surface area contributed by atoms with Gasteiger partial charge in [0.2, 0.25) is 0 Å². The molecule has 5 heteroatoms. The number of H-pyrrole nitrogens is 1. The Hall–Kier alpha value is -1.88. The number of nitrogens with zero attached hydrogens (tertiary/aromatic N) is 1. The summed E-state index contributed by atoms with van der Waals surface area (Å²) in [4.78, 5) is 26.5. The van der Waals surface area contributed by atoms with Crippen LogP contribution in [-0.2, 0) is 0 Å². The van der Waals surface area contributed by atoms with Gasteiger partial charge in [0.05, 0.1) is 11.0 Å². The lowest BCUT2D eigenvalue weighted by Gasteiger charge is -2.27. The maximum absolute atomic E-state index is 12.1. The molecule has 2 aromatic rings. The molecule has 1 saturated heterocycles. The molecule has 2 N–H and O–H groups in total. The molecule has 3 heterocycles. The van der Waals surface area contributed by atoms with Gasteiger partial charge in [0.1, 0.15) is 0 Å². The molecular weight excluding hydrogens is 230 g/mol. The highest BCUT2D eigenvalue weighted by Crippen LogP contribution is 2.42. The first-order valence-electron chi connectivity index (χ1n) is 6.25. The minimum atomic E-state index is -0.515. The molecule has 2 aliphatic rings. The van der Waals surface area contributed by atoms with Gasteiger partial charge in [-0.15, -0.1) is 0 Å². The Morgan fingerprint density at radius 1 is 1.28 bits per heavy atom. The number of fused-ring (bicyclic) bond motifs is 3. The third kappa shape index (κ3) is 1.09. The van der Waals surface area contributed by atoms with Gasteiger partial charge in [-0.25, -0.2) is 0 Å². The quantitative estimate of drug-likeness (QED) is 0.655. The molecule has 5 nitrogen and oxygen atoms in total. The number of hydrogen-bond acceptors (Lipinski definition) is 3. The molecular formula is C13H13N3O2. The molecule has 0 bridgehead atoms. The average Bonchev–Trinajstić information content (AvgIpc) is 2.73. The number of aromatic amines is 1. The van der Waals surface area contributed by atoms with E-state index in [0.717, 1.165) is 30.5 Å². The van der Waals surface area contributed by atoms with Crippen molar-refractivity contribution in [3.8, 4) is 0 Å². The molecule has 0 aliphatic carbocycles. The molecule has 0 saturated carbocycles. The largest absolute Gasteiger partial charge is 0.317 e. The Kier molecular flexibility index (Phi) is 1.86. The highest BCUT2D eigenvalue weighted by molar-refractivity contribution is 5.81.